The van der Waals surface area contributed by atoms with E-state index >= 15 is 0 Å². The Labute approximate surface area is 140 Å². The second kappa shape index (κ2) is 5.81. The maximum absolute atomic E-state index is 11.8. The SMILES string of the molecule is Cn1ccc(OC2c3cc(C#N)ccc3CC(C)(C)C2O)cc1=O. The highest BCUT2D eigenvalue weighted by molar-refractivity contribution is 5.43. The topological polar surface area (TPSA) is 75.2 Å². The first-order chi connectivity index (χ1) is 11.3. The number of ether oxygens (including phenoxy) is 1. The van der Waals surface area contributed by atoms with Crippen molar-refractivity contribution in [3.8, 4) is 11.8 Å². The largest absolute Gasteiger partial charge is 0.483 e. The third kappa shape index (κ3) is 2.81. The highest BCUT2D eigenvalue weighted by Gasteiger charge is 2.42. The number of benzene rings is 1. The maximum Gasteiger partial charge on any atom is 0.253 e. The molecule has 0 fully saturated rings. The van der Waals surface area contributed by atoms with Crippen molar-refractivity contribution in [3.63, 3.8) is 0 Å². The Balaban J connectivity index is 2.06. The Morgan fingerprint density at radius 3 is 2.75 bits per heavy atom. The third-order valence-corrected chi connectivity index (χ3v) is 4.65. The smallest absolute Gasteiger partial charge is 0.253 e. The number of aliphatic hydroxyl groups excluding tert-OH is 1. The van der Waals surface area contributed by atoms with Gasteiger partial charge in [0.05, 0.1) is 11.6 Å². The van der Waals surface area contributed by atoms with E-state index in [2.05, 4.69) is 6.07 Å². The summed E-state index contributed by atoms with van der Waals surface area (Å²) in [6.07, 6.45) is 0.961. The lowest BCUT2D eigenvalue weighted by Crippen LogP contribution is -2.43. The van der Waals surface area contributed by atoms with Gasteiger partial charge in [-0.25, -0.2) is 0 Å². The van der Waals surface area contributed by atoms with Crippen LogP contribution in [-0.2, 0) is 13.5 Å². The van der Waals surface area contributed by atoms with Crippen LogP contribution in [0.5, 0.6) is 5.75 Å². The van der Waals surface area contributed by atoms with E-state index in [1.165, 1.54) is 10.6 Å². The number of aromatic nitrogens is 1. The molecule has 0 amide bonds. The van der Waals surface area contributed by atoms with Crippen LogP contribution in [-0.4, -0.2) is 15.8 Å². The summed E-state index contributed by atoms with van der Waals surface area (Å²) in [5.74, 6) is 0.410. The molecule has 1 aromatic carbocycles. The van der Waals surface area contributed by atoms with E-state index in [4.69, 9.17) is 10.00 Å². The van der Waals surface area contributed by atoms with Gasteiger partial charge in [0.15, 0.2) is 6.10 Å². The van der Waals surface area contributed by atoms with Gasteiger partial charge in [0, 0.05) is 19.3 Å². The highest BCUT2D eigenvalue weighted by Crippen LogP contribution is 2.43. The van der Waals surface area contributed by atoms with Crippen LogP contribution >= 0.6 is 0 Å². The first-order valence-corrected chi connectivity index (χ1v) is 7.86. The molecule has 24 heavy (non-hydrogen) atoms. The van der Waals surface area contributed by atoms with E-state index in [0.717, 1.165) is 11.1 Å². The van der Waals surface area contributed by atoms with Crippen LogP contribution in [0.4, 0.5) is 0 Å². The fourth-order valence-electron chi connectivity index (χ4n) is 3.14. The van der Waals surface area contributed by atoms with Crippen molar-refractivity contribution >= 4 is 0 Å². The molecule has 1 N–H and O–H groups in total. The van der Waals surface area contributed by atoms with E-state index < -0.39 is 12.2 Å². The summed E-state index contributed by atoms with van der Waals surface area (Å²) in [6.45, 7) is 3.97. The van der Waals surface area contributed by atoms with Crippen LogP contribution < -0.4 is 10.3 Å². The summed E-state index contributed by atoms with van der Waals surface area (Å²) in [4.78, 5) is 11.8. The molecule has 0 radical (unpaired) electrons. The lowest BCUT2D eigenvalue weighted by molar-refractivity contribution is -0.0506. The van der Waals surface area contributed by atoms with Crippen molar-refractivity contribution in [3.05, 3.63) is 63.6 Å². The van der Waals surface area contributed by atoms with E-state index in [1.54, 1.807) is 31.4 Å². The minimum absolute atomic E-state index is 0.178. The molecule has 1 aromatic heterocycles. The van der Waals surface area contributed by atoms with Crippen molar-refractivity contribution in [1.82, 2.24) is 4.57 Å². The summed E-state index contributed by atoms with van der Waals surface area (Å²) in [5.41, 5.74) is 1.84. The Hall–Kier alpha value is -2.58. The molecule has 0 aliphatic heterocycles. The molecule has 0 saturated heterocycles. The molecular weight excluding hydrogens is 304 g/mol. The van der Waals surface area contributed by atoms with Gasteiger partial charge in [-0.15, -0.1) is 0 Å². The number of nitriles is 1. The quantitative estimate of drug-likeness (QED) is 0.920. The molecule has 1 heterocycles. The van der Waals surface area contributed by atoms with E-state index in [1.807, 2.05) is 19.9 Å². The van der Waals surface area contributed by atoms with Gasteiger partial charge in [-0.1, -0.05) is 19.9 Å². The lowest BCUT2D eigenvalue weighted by atomic mass is 9.70. The van der Waals surface area contributed by atoms with Gasteiger partial charge in [-0.2, -0.15) is 5.26 Å². The number of aliphatic hydroxyl groups is 1. The number of hydrogen-bond donors (Lipinski definition) is 1. The Kier molecular flexibility index (Phi) is 3.94. The molecule has 124 valence electrons. The second-order valence-corrected chi connectivity index (χ2v) is 6.99. The average Bonchev–Trinajstić information content (AvgIpc) is 2.54. The number of pyridine rings is 1. The van der Waals surface area contributed by atoms with Gasteiger partial charge < -0.3 is 14.4 Å². The summed E-state index contributed by atoms with van der Waals surface area (Å²) in [5, 5.41) is 20.0. The highest BCUT2D eigenvalue weighted by atomic mass is 16.5. The molecule has 1 aliphatic carbocycles. The van der Waals surface area contributed by atoms with Crippen molar-refractivity contribution in [2.24, 2.45) is 12.5 Å². The van der Waals surface area contributed by atoms with Gasteiger partial charge in [0.2, 0.25) is 0 Å². The number of fused-ring (bicyclic) bond motifs is 1. The third-order valence-electron chi connectivity index (χ3n) is 4.65. The summed E-state index contributed by atoms with van der Waals surface area (Å²) >= 11 is 0. The van der Waals surface area contributed by atoms with Crippen LogP contribution in [0.3, 0.4) is 0 Å². The second-order valence-electron chi connectivity index (χ2n) is 6.99. The Bertz CT molecular complexity index is 877. The van der Waals surface area contributed by atoms with Gasteiger partial charge in [-0.3, -0.25) is 4.79 Å². The predicted molar refractivity (Wildman–Crippen MR) is 89.7 cm³/mol. The number of nitrogens with zero attached hydrogens (tertiary/aromatic N) is 2. The molecule has 2 aromatic rings. The zero-order chi connectivity index (χ0) is 17.5. The first kappa shape index (κ1) is 16.3. The van der Waals surface area contributed by atoms with Gasteiger partial charge in [0.1, 0.15) is 11.9 Å². The maximum atomic E-state index is 11.8. The van der Waals surface area contributed by atoms with Gasteiger partial charge in [0.25, 0.3) is 5.56 Å². The van der Waals surface area contributed by atoms with Crippen LogP contribution in [0.2, 0.25) is 0 Å². The van der Waals surface area contributed by atoms with E-state index in [-0.39, 0.29) is 11.0 Å². The lowest BCUT2D eigenvalue weighted by Gasteiger charge is -2.41. The molecule has 5 heteroatoms. The number of hydrogen-bond acceptors (Lipinski definition) is 4. The molecule has 0 spiro atoms. The molecular formula is C19H20N2O3. The molecule has 5 nitrogen and oxygen atoms in total. The first-order valence-electron chi connectivity index (χ1n) is 7.86. The molecule has 1 aliphatic rings. The van der Waals surface area contributed by atoms with E-state index in [0.29, 0.717) is 17.7 Å². The standard InChI is InChI=1S/C19H20N2O3/c1-19(2)10-13-5-4-12(11-20)8-15(13)17(18(19)23)24-14-6-7-21(3)16(22)9-14/h4-9,17-18,23H,10H2,1-3H3. The zero-order valence-electron chi connectivity index (χ0n) is 14.0. The minimum atomic E-state index is -0.747. The molecule has 3 rings (SSSR count). The van der Waals surface area contributed by atoms with Crippen LogP contribution in [0, 0.1) is 16.7 Å². The van der Waals surface area contributed by atoms with Crippen molar-refractivity contribution in [2.45, 2.75) is 32.5 Å². The Morgan fingerprint density at radius 1 is 1.33 bits per heavy atom. The predicted octanol–water partition coefficient (Wildman–Crippen LogP) is 2.32. The Morgan fingerprint density at radius 2 is 2.08 bits per heavy atom. The fraction of sp³-hybridized carbons (Fsp3) is 0.368. The number of aryl methyl sites for hydroxylation is 1. The van der Waals surface area contributed by atoms with Crippen molar-refractivity contribution in [2.75, 3.05) is 0 Å². The van der Waals surface area contributed by atoms with Gasteiger partial charge in [-0.05, 0) is 41.2 Å². The minimum Gasteiger partial charge on any atom is -0.483 e. The summed E-state index contributed by atoms with van der Waals surface area (Å²) in [6, 6.07) is 10.7. The number of rotatable bonds is 2. The van der Waals surface area contributed by atoms with E-state index in [9.17, 15) is 9.90 Å². The summed E-state index contributed by atoms with van der Waals surface area (Å²) < 4.78 is 7.45. The zero-order valence-corrected chi connectivity index (χ0v) is 14.0. The van der Waals surface area contributed by atoms with Gasteiger partial charge >= 0.3 is 0 Å². The van der Waals surface area contributed by atoms with Crippen LogP contribution in [0.25, 0.3) is 0 Å². The molecule has 2 atom stereocenters. The van der Waals surface area contributed by atoms with Crippen LogP contribution in [0.15, 0.2) is 41.3 Å². The molecule has 0 bridgehead atoms. The fourth-order valence-corrected chi connectivity index (χ4v) is 3.14. The van der Waals surface area contributed by atoms with Crippen molar-refractivity contribution < 1.29 is 9.84 Å². The monoisotopic (exact) mass is 324 g/mol. The van der Waals surface area contributed by atoms with Crippen molar-refractivity contribution in [1.29, 1.82) is 5.26 Å². The average molecular weight is 324 g/mol. The summed E-state index contributed by atoms with van der Waals surface area (Å²) in [7, 11) is 1.67. The van der Waals surface area contributed by atoms with Crippen LogP contribution in [0.1, 0.15) is 36.6 Å². The molecule has 2 unspecified atom stereocenters. The molecule has 0 saturated carbocycles. The normalized spacial score (nSPS) is 21.6.